The van der Waals surface area contributed by atoms with Gasteiger partial charge >= 0.3 is 0 Å². The van der Waals surface area contributed by atoms with Crippen LogP contribution in [0, 0.1) is 40.9 Å². The molecule has 0 spiro atoms. The maximum Gasteiger partial charge on any atom is 0.0623 e. The first-order valence-corrected chi connectivity index (χ1v) is 10.7. The Morgan fingerprint density at radius 2 is 1.64 bits per heavy atom. The zero-order valence-corrected chi connectivity index (χ0v) is 16.6. The molecule has 3 heteroatoms. The zero-order chi connectivity index (χ0) is 18.0. The highest BCUT2D eigenvalue weighted by molar-refractivity contribution is 5.09. The summed E-state index contributed by atoms with van der Waals surface area (Å²) in [5.74, 6) is 4.08. The minimum atomic E-state index is -0.501. The van der Waals surface area contributed by atoms with E-state index in [-0.39, 0.29) is 6.10 Å². The lowest BCUT2D eigenvalue weighted by molar-refractivity contribution is -0.155. The lowest BCUT2D eigenvalue weighted by atomic mass is 9.48. The summed E-state index contributed by atoms with van der Waals surface area (Å²) in [6.45, 7) is 6.49. The molecule has 4 saturated carbocycles. The van der Waals surface area contributed by atoms with Gasteiger partial charge in [0.15, 0.2) is 0 Å². The molecule has 4 rings (SSSR count). The Kier molecular flexibility index (Phi) is 4.53. The van der Waals surface area contributed by atoms with Crippen molar-refractivity contribution in [3.63, 3.8) is 0 Å². The van der Waals surface area contributed by atoms with E-state index in [1.54, 1.807) is 0 Å². The van der Waals surface area contributed by atoms with Crippen molar-refractivity contribution in [3.8, 4) is 0 Å². The van der Waals surface area contributed by atoms with Gasteiger partial charge < -0.3 is 14.9 Å². The molecule has 25 heavy (non-hydrogen) atoms. The molecule has 0 bridgehead atoms. The fraction of sp³-hybridized carbons (Fsp3) is 1.00. The minimum absolute atomic E-state index is 0.175. The molecule has 2 N–H and O–H groups in total. The fourth-order valence-corrected chi connectivity index (χ4v) is 8.13. The lowest BCUT2D eigenvalue weighted by Gasteiger charge is -2.58. The minimum Gasteiger partial charge on any atom is -0.393 e. The third-order valence-electron chi connectivity index (χ3n) is 9.22. The average Bonchev–Trinajstić information content (AvgIpc) is 2.90. The van der Waals surface area contributed by atoms with E-state index < -0.39 is 5.60 Å². The SMILES string of the molecule is CO[C@@H]1C[C@@H]2[C@H](CC[C@]3(C)[C@@H](C(C)O)CC[C@@H]23)[C@H]2CC[C@@](C)(O)C[C@@H]21. The van der Waals surface area contributed by atoms with Crippen LogP contribution < -0.4 is 0 Å². The number of rotatable bonds is 2. The average molecular weight is 351 g/mol. The van der Waals surface area contributed by atoms with E-state index in [1.807, 2.05) is 21.0 Å². The molecule has 0 aromatic rings. The van der Waals surface area contributed by atoms with E-state index in [2.05, 4.69) is 6.92 Å². The molecular weight excluding hydrogens is 312 g/mol. The molecule has 1 unspecified atom stereocenters. The first kappa shape index (κ1) is 18.3. The number of ether oxygens (including phenoxy) is 1. The largest absolute Gasteiger partial charge is 0.393 e. The Morgan fingerprint density at radius 3 is 2.32 bits per heavy atom. The van der Waals surface area contributed by atoms with Gasteiger partial charge in [0.2, 0.25) is 0 Å². The Hall–Kier alpha value is -0.120. The quantitative estimate of drug-likeness (QED) is 0.791. The first-order valence-electron chi connectivity index (χ1n) is 10.7. The maximum atomic E-state index is 10.6. The predicted molar refractivity (Wildman–Crippen MR) is 99.1 cm³/mol. The van der Waals surface area contributed by atoms with Crippen molar-refractivity contribution in [3.05, 3.63) is 0 Å². The second-order valence-corrected chi connectivity index (χ2v) is 10.5. The van der Waals surface area contributed by atoms with Crippen molar-refractivity contribution in [1.82, 2.24) is 0 Å². The van der Waals surface area contributed by atoms with Crippen LogP contribution in [0.3, 0.4) is 0 Å². The van der Waals surface area contributed by atoms with Crippen LogP contribution in [-0.4, -0.2) is 35.1 Å². The summed E-state index contributed by atoms with van der Waals surface area (Å²) in [7, 11) is 1.88. The standard InChI is InChI=1S/C22H38O3/c1-13(23)18-5-6-19-16-11-20(25-4)17-12-21(2,24)9-7-15(17)14(16)8-10-22(18,19)3/h13-20,23-24H,5-12H2,1-4H3/t13?,14-,15-,16-,17+,18-,19+,20-,21-,22-/m1/s1. The van der Waals surface area contributed by atoms with Gasteiger partial charge in [0.1, 0.15) is 0 Å². The number of aliphatic hydroxyl groups excluding tert-OH is 1. The summed E-state index contributed by atoms with van der Waals surface area (Å²) in [5.41, 5.74) is -0.181. The third kappa shape index (κ3) is 2.80. The van der Waals surface area contributed by atoms with Crippen LogP contribution >= 0.6 is 0 Å². The van der Waals surface area contributed by atoms with E-state index >= 15 is 0 Å². The molecule has 4 aliphatic carbocycles. The second-order valence-electron chi connectivity index (χ2n) is 10.5. The first-order chi connectivity index (χ1) is 11.8. The smallest absolute Gasteiger partial charge is 0.0623 e. The number of aliphatic hydroxyl groups is 2. The molecule has 4 fully saturated rings. The van der Waals surface area contributed by atoms with Gasteiger partial charge in [-0.2, -0.15) is 0 Å². The van der Waals surface area contributed by atoms with Gasteiger partial charge in [-0.05, 0) is 106 Å². The monoisotopic (exact) mass is 350 g/mol. The Balaban J connectivity index is 1.60. The normalized spacial score (nSPS) is 56.6. The Bertz CT molecular complexity index is 502. The van der Waals surface area contributed by atoms with E-state index in [9.17, 15) is 10.2 Å². The number of fused-ring (bicyclic) bond motifs is 5. The van der Waals surface area contributed by atoms with E-state index in [4.69, 9.17) is 4.74 Å². The summed E-state index contributed by atoms with van der Waals surface area (Å²) in [5, 5.41) is 21.0. The van der Waals surface area contributed by atoms with Gasteiger partial charge in [-0.3, -0.25) is 0 Å². The Morgan fingerprint density at radius 1 is 0.960 bits per heavy atom. The van der Waals surface area contributed by atoms with Gasteiger partial charge in [-0.15, -0.1) is 0 Å². The summed E-state index contributed by atoms with van der Waals surface area (Å²) in [6, 6.07) is 0. The lowest BCUT2D eigenvalue weighted by Crippen LogP contribution is -2.55. The van der Waals surface area contributed by atoms with Crippen LogP contribution in [0.15, 0.2) is 0 Å². The second kappa shape index (κ2) is 6.21. The zero-order valence-electron chi connectivity index (χ0n) is 16.6. The van der Waals surface area contributed by atoms with Crippen molar-refractivity contribution >= 4 is 0 Å². The molecule has 0 amide bonds. The molecule has 144 valence electrons. The topological polar surface area (TPSA) is 49.7 Å². The van der Waals surface area contributed by atoms with Gasteiger partial charge in [-0.25, -0.2) is 0 Å². The van der Waals surface area contributed by atoms with Crippen LogP contribution in [0.4, 0.5) is 0 Å². The van der Waals surface area contributed by atoms with Crippen molar-refractivity contribution < 1.29 is 14.9 Å². The number of methoxy groups -OCH3 is 1. The maximum absolute atomic E-state index is 10.6. The van der Waals surface area contributed by atoms with Crippen molar-refractivity contribution in [2.75, 3.05) is 7.11 Å². The van der Waals surface area contributed by atoms with E-state index in [0.717, 1.165) is 36.5 Å². The molecule has 0 radical (unpaired) electrons. The predicted octanol–water partition coefficient (Wildman–Crippen LogP) is 4.01. The van der Waals surface area contributed by atoms with Crippen LogP contribution in [-0.2, 0) is 4.74 Å². The number of hydrogen-bond donors (Lipinski definition) is 2. The van der Waals surface area contributed by atoms with Crippen LogP contribution in [0.5, 0.6) is 0 Å². The summed E-state index contributed by atoms with van der Waals surface area (Å²) < 4.78 is 6.00. The van der Waals surface area contributed by atoms with E-state index in [1.165, 1.54) is 38.5 Å². The van der Waals surface area contributed by atoms with Crippen molar-refractivity contribution in [1.29, 1.82) is 0 Å². The van der Waals surface area contributed by atoms with Crippen molar-refractivity contribution in [2.45, 2.75) is 89.9 Å². The van der Waals surface area contributed by atoms with Gasteiger partial charge in [-0.1, -0.05) is 6.92 Å². The van der Waals surface area contributed by atoms with Gasteiger partial charge in [0.05, 0.1) is 17.8 Å². The highest BCUT2D eigenvalue weighted by Gasteiger charge is 2.59. The molecular formula is C22H38O3. The summed E-state index contributed by atoms with van der Waals surface area (Å²) >= 11 is 0. The molecule has 10 atom stereocenters. The highest BCUT2D eigenvalue weighted by atomic mass is 16.5. The van der Waals surface area contributed by atoms with Gasteiger partial charge in [0.25, 0.3) is 0 Å². The van der Waals surface area contributed by atoms with Crippen molar-refractivity contribution in [2.24, 2.45) is 40.9 Å². The van der Waals surface area contributed by atoms with Gasteiger partial charge in [0, 0.05) is 7.11 Å². The third-order valence-corrected chi connectivity index (χ3v) is 9.22. The van der Waals surface area contributed by atoms with Crippen LogP contribution in [0.2, 0.25) is 0 Å². The summed E-state index contributed by atoms with van der Waals surface area (Å²) in [4.78, 5) is 0. The molecule has 0 aromatic heterocycles. The van der Waals surface area contributed by atoms with Crippen LogP contribution in [0.1, 0.15) is 72.1 Å². The molecule has 4 aliphatic rings. The highest BCUT2D eigenvalue weighted by Crippen LogP contribution is 2.65. The molecule has 0 saturated heterocycles. The van der Waals surface area contributed by atoms with E-state index in [0.29, 0.717) is 23.4 Å². The van der Waals surface area contributed by atoms with Crippen LogP contribution in [0.25, 0.3) is 0 Å². The fourth-order valence-electron chi connectivity index (χ4n) is 8.13. The molecule has 0 aromatic carbocycles. The molecule has 3 nitrogen and oxygen atoms in total. The molecule has 0 aliphatic heterocycles. The summed E-state index contributed by atoms with van der Waals surface area (Å²) in [6.07, 6.45) is 9.43. The number of hydrogen-bond acceptors (Lipinski definition) is 3. The molecule has 0 heterocycles. The Labute approximate surface area is 153 Å².